The fourth-order valence-electron chi connectivity index (χ4n) is 3.74. The average Bonchev–Trinajstić information content (AvgIpc) is 2.77. The van der Waals surface area contributed by atoms with Gasteiger partial charge >= 0.3 is 0 Å². The highest BCUT2D eigenvalue weighted by Crippen LogP contribution is 2.54. The van der Waals surface area contributed by atoms with Crippen molar-refractivity contribution >= 4 is 0 Å². The Labute approximate surface area is 108 Å². The van der Waals surface area contributed by atoms with E-state index in [-0.39, 0.29) is 17.3 Å². The minimum Gasteiger partial charge on any atom is -0.392 e. The van der Waals surface area contributed by atoms with E-state index >= 15 is 0 Å². The highest BCUT2D eigenvalue weighted by molar-refractivity contribution is 5.08. The van der Waals surface area contributed by atoms with Gasteiger partial charge in [0.1, 0.15) is 0 Å². The molecule has 4 nitrogen and oxygen atoms in total. The predicted octanol–water partition coefficient (Wildman–Crippen LogP) is 1.69. The Morgan fingerprint density at radius 3 is 2.50 bits per heavy atom. The van der Waals surface area contributed by atoms with Crippen molar-refractivity contribution in [1.82, 2.24) is 0 Å². The zero-order valence-electron chi connectivity index (χ0n) is 11.1. The van der Waals surface area contributed by atoms with Crippen molar-refractivity contribution in [2.45, 2.75) is 45.0 Å². The van der Waals surface area contributed by atoms with Crippen molar-refractivity contribution in [3.63, 3.8) is 0 Å². The first kappa shape index (κ1) is 12.4. The van der Waals surface area contributed by atoms with E-state index in [2.05, 4.69) is 19.9 Å². The van der Waals surface area contributed by atoms with Crippen LogP contribution in [0.2, 0.25) is 0 Å². The van der Waals surface area contributed by atoms with Crippen LogP contribution in [0.3, 0.4) is 0 Å². The number of nitrogens with zero attached hydrogens (tertiary/aromatic N) is 1. The van der Waals surface area contributed by atoms with Crippen LogP contribution < -0.4 is 0 Å². The third-order valence-electron chi connectivity index (χ3n) is 4.75. The fraction of sp³-hybridized carbons (Fsp3) is 0.929. The molecule has 0 amide bonds. The van der Waals surface area contributed by atoms with Crippen molar-refractivity contribution in [3.8, 4) is 6.07 Å². The molecule has 3 fully saturated rings. The Morgan fingerprint density at radius 2 is 1.89 bits per heavy atom. The summed E-state index contributed by atoms with van der Waals surface area (Å²) >= 11 is 0. The van der Waals surface area contributed by atoms with Gasteiger partial charge in [-0.05, 0) is 18.3 Å². The normalized spacial score (nSPS) is 44.8. The molecule has 1 aliphatic heterocycles. The van der Waals surface area contributed by atoms with Crippen LogP contribution in [0.1, 0.15) is 33.1 Å². The van der Waals surface area contributed by atoms with Crippen LogP contribution in [0.5, 0.6) is 0 Å². The SMILES string of the molecule is CC1(C)COC2(C[C@H]3C[C@@H](O)[C@H](C#N)[C@H]3C2)OC1. The van der Waals surface area contributed by atoms with Crippen molar-refractivity contribution in [2.24, 2.45) is 23.2 Å². The van der Waals surface area contributed by atoms with E-state index in [1.165, 1.54) is 0 Å². The summed E-state index contributed by atoms with van der Waals surface area (Å²) in [5.41, 5.74) is 0.0805. The van der Waals surface area contributed by atoms with Crippen LogP contribution >= 0.6 is 0 Å². The predicted molar refractivity (Wildman–Crippen MR) is 64.4 cm³/mol. The zero-order valence-corrected chi connectivity index (χ0v) is 11.1. The lowest BCUT2D eigenvalue weighted by Gasteiger charge is -2.42. The number of fused-ring (bicyclic) bond motifs is 1. The first-order valence-corrected chi connectivity index (χ1v) is 6.80. The molecule has 0 aromatic rings. The quantitative estimate of drug-likeness (QED) is 0.711. The molecular formula is C14H21NO3. The summed E-state index contributed by atoms with van der Waals surface area (Å²) < 4.78 is 12.0. The van der Waals surface area contributed by atoms with Gasteiger partial charge in [0.2, 0.25) is 0 Å². The van der Waals surface area contributed by atoms with E-state index in [0.29, 0.717) is 19.1 Å². The third kappa shape index (κ3) is 1.85. The van der Waals surface area contributed by atoms with Gasteiger partial charge in [-0.2, -0.15) is 5.26 Å². The summed E-state index contributed by atoms with van der Waals surface area (Å²) in [7, 11) is 0. The van der Waals surface area contributed by atoms with Crippen molar-refractivity contribution in [2.75, 3.05) is 13.2 Å². The molecule has 0 bridgehead atoms. The number of ether oxygens (including phenoxy) is 2. The molecule has 1 spiro atoms. The molecule has 4 heteroatoms. The molecule has 3 rings (SSSR count). The summed E-state index contributed by atoms with van der Waals surface area (Å²) in [5, 5.41) is 19.0. The highest BCUT2D eigenvalue weighted by Gasteiger charge is 2.57. The molecule has 100 valence electrons. The summed E-state index contributed by atoms with van der Waals surface area (Å²) in [6.45, 7) is 5.70. The third-order valence-corrected chi connectivity index (χ3v) is 4.75. The van der Waals surface area contributed by atoms with Crippen LogP contribution in [-0.4, -0.2) is 30.2 Å². The number of hydrogen-bond donors (Lipinski definition) is 1. The second kappa shape index (κ2) is 3.93. The molecule has 1 saturated heterocycles. The molecule has 2 saturated carbocycles. The van der Waals surface area contributed by atoms with Gasteiger partial charge in [-0.15, -0.1) is 0 Å². The monoisotopic (exact) mass is 251 g/mol. The van der Waals surface area contributed by atoms with Gasteiger partial charge < -0.3 is 14.6 Å². The van der Waals surface area contributed by atoms with E-state index in [4.69, 9.17) is 14.7 Å². The summed E-state index contributed by atoms with van der Waals surface area (Å²) in [6, 6.07) is 2.26. The minimum atomic E-state index is -0.472. The van der Waals surface area contributed by atoms with Gasteiger partial charge in [0.15, 0.2) is 5.79 Å². The summed E-state index contributed by atoms with van der Waals surface area (Å²) in [4.78, 5) is 0. The number of hydrogen-bond acceptors (Lipinski definition) is 4. The fourth-order valence-corrected chi connectivity index (χ4v) is 3.74. The van der Waals surface area contributed by atoms with Gasteiger partial charge in [0.25, 0.3) is 0 Å². The van der Waals surface area contributed by atoms with Crippen molar-refractivity contribution in [1.29, 1.82) is 5.26 Å². The second-order valence-electron chi connectivity index (χ2n) is 6.94. The van der Waals surface area contributed by atoms with E-state index in [1.807, 2.05) is 0 Å². The highest BCUT2D eigenvalue weighted by atomic mass is 16.7. The van der Waals surface area contributed by atoms with Gasteiger partial charge in [-0.1, -0.05) is 13.8 Å². The Bertz CT molecular complexity index is 377. The molecule has 0 radical (unpaired) electrons. The standard InChI is InChI=1S/C14H21NO3/c1-13(2)7-17-14(18-8-13)4-9-3-12(16)11(6-15)10(9)5-14/h9-12,16H,3-5,7-8H2,1-2H3/t9-,10+,11-,12-/m1/s1. The van der Waals surface area contributed by atoms with Gasteiger partial charge in [-0.3, -0.25) is 0 Å². The van der Waals surface area contributed by atoms with E-state index in [1.54, 1.807) is 0 Å². The van der Waals surface area contributed by atoms with Gasteiger partial charge in [-0.25, -0.2) is 0 Å². The Balaban J connectivity index is 1.72. The molecule has 4 atom stereocenters. The average molecular weight is 251 g/mol. The molecule has 3 aliphatic rings. The lowest BCUT2D eigenvalue weighted by atomic mass is 9.91. The van der Waals surface area contributed by atoms with Crippen LogP contribution in [0, 0.1) is 34.5 Å². The number of aliphatic hydroxyl groups excluding tert-OH is 1. The first-order chi connectivity index (χ1) is 8.45. The zero-order chi connectivity index (χ0) is 13.0. The lowest BCUT2D eigenvalue weighted by Crippen LogP contribution is -2.46. The summed E-state index contributed by atoms with van der Waals surface area (Å²) in [6.07, 6.45) is 1.87. The lowest BCUT2D eigenvalue weighted by molar-refractivity contribution is -0.298. The Morgan fingerprint density at radius 1 is 1.22 bits per heavy atom. The van der Waals surface area contributed by atoms with E-state index in [9.17, 15) is 5.11 Å². The molecule has 2 aliphatic carbocycles. The first-order valence-electron chi connectivity index (χ1n) is 6.80. The Hall–Kier alpha value is -0.630. The van der Waals surface area contributed by atoms with E-state index < -0.39 is 11.9 Å². The van der Waals surface area contributed by atoms with Crippen LogP contribution in [0.4, 0.5) is 0 Å². The maximum atomic E-state index is 9.86. The van der Waals surface area contributed by atoms with Crippen LogP contribution in [0.15, 0.2) is 0 Å². The van der Waals surface area contributed by atoms with Crippen LogP contribution in [-0.2, 0) is 9.47 Å². The number of rotatable bonds is 0. The molecule has 0 aromatic heterocycles. The number of nitriles is 1. The van der Waals surface area contributed by atoms with Gasteiger partial charge in [0.05, 0.1) is 31.3 Å². The molecule has 1 N–H and O–H groups in total. The van der Waals surface area contributed by atoms with Crippen molar-refractivity contribution < 1.29 is 14.6 Å². The van der Waals surface area contributed by atoms with Crippen LogP contribution in [0.25, 0.3) is 0 Å². The maximum absolute atomic E-state index is 9.86. The largest absolute Gasteiger partial charge is 0.392 e. The Kier molecular flexibility index (Phi) is 2.71. The molecule has 18 heavy (non-hydrogen) atoms. The van der Waals surface area contributed by atoms with Gasteiger partial charge in [0, 0.05) is 18.3 Å². The molecule has 1 heterocycles. The molecule has 0 unspecified atom stereocenters. The molecule has 0 aromatic carbocycles. The number of aliphatic hydroxyl groups is 1. The summed E-state index contributed by atoms with van der Waals surface area (Å²) in [5.74, 6) is -0.0892. The van der Waals surface area contributed by atoms with Crippen molar-refractivity contribution in [3.05, 3.63) is 0 Å². The maximum Gasteiger partial charge on any atom is 0.168 e. The smallest absolute Gasteiger partial charge is 0.168 e. The molecular weight excluding hydrogens is 230 g/mol. The van der Waals surface area contributed by atoms with E-state index in [0.717, 1.165) is 19.3 Å². The minimum absolute atomic E-state index is 0.0805. The second-order valence-corrected chi connectivity index (χ2v) is 6.94. The topological polar surface area (TPSA) is 62.5 Å².